The van der Waals surface area contributed by atoms with Crippen LogP contribution in [0.3, 0.4) is 0 Å². The van der Waals surface area contributed by atoms with E-state index in [0.717, 1.165) is 4.47 Å². The second-order valence-corrected chi connectivity index (χ2v) is 3.83. The standard InChI is InChI=1S/C9H9BrN2O2/c10-5-1-2-8-6(3-5)12-9(14-8)7(13)4-11/h1-3,7,13H,4,11H2. The maximum Gasteiger partial charge on any atom is 0.225 e. The molecule has 1 aromatic heterocycles. The van der Waals surface area contributed by atoms with E-state index >= 15 is 0 Å². The Hall–Kier alpha value is -0.910. The Kier molecular flexibility index (Phi) is 2.54. The Morgan fingerprint density at radius 2 is 2.36 bits per heavy atom. The van der Waals surface area contributed by atoms with E-state index in [-0.39, 0.29) is 12.4 Å². The first kappa shape index (κ1) is 9.64. The number of halogens is 1. The zero-order valence-electron chi connectivity index (χ0n) is 7.27. The first-order valence-electron chi connectivity index (χ1n) is 4.15. The highest BCUT2D eigenvalue weighted by atomic mass is 79.9. The van der Waals surface area contributed by atoms with E-state index < -0.39 is 6.10 Å². The molecule has 0 spiro atoms. The van der Waals surface area contributed by atoms with Gasteiger partial charge < -0.3 is 15.3 Å². The lowest BCUT2D eigenvalue weighted by atomic mass is 10.3. The number of hydrogen-bond donors (Lipinski definition) is 2. The molecule has 1 atom stereocenters. The summed E-state index contributed by atoms with van der Waals surface area (Å²) in [6, 6.07) is 5.47. The number of aromatic nitrogens is 1. The van der Waals surface area contributed by atoms with E-state index in [2.05, 4.69) is 20.9 Å². The second-order valence-electron chi connectivity index (χ2n) is 2.92. The minimum Gasteiger partial charge on any atom is -0.438 e. The minimum absolute atomic E-state index is 0.105. The van der Waals surface area contributed by atoms with Gasteiger partial charge >= 0.3 is 0 Å². The molecule has 2 rings (SSSR count). The number of rotatable bonds is 2. The van der Waals surface area contributed by atoms with E-state index in [4.69, 9.17) is 10.2 Å². The van der Waals surface area contributed by atoms with Gasteiger partial charge in [-0.25, -0.2) is 4.98 Å². The molecule has 3 N–H and O–H groups in total. The van der Waals surface area contributed by atoms with Crippen LogP contribution in [0.15, 0.2) is 27.1 Å². The Morgan fingerprint density at radius 3 is 3.07 bits per heavy atom. The van der Waals surface area contributed by atoms with E-state index in [1.807, 2.05) is 12.1 Å². The lowest BCUT2D eigenvalue weighted by molar-refractivity contribution is 0.154. The third-order valence-corrected chi connectivity index (χ3v) is 2.37. The SMILES string of the molecule is NCC(O)c1nc2cc(Br)ccc2o1. The topological polar surface area (TPSA) is 72.3 Å². The van der Waals surface area contributed by atoms with E-state index in [9.17, 15) is 5.11 Å². The van der Waals surface area contributed by atoms with Gasteiger partial charge in [-0.05, 0) is 18.2 Å². The van der Waals surface area contributed by atoms with Crippen LogP contribution < -0.4 is 5.73 Å². The molecule has 14 heavy (non-hydrogen) atoms. The van der Waals surface area contributed by atoms with Crippen molar-refractivity contribution in [2.45, 2.75) is 6.10 Å². The Balaban J connectivity index is 2.51. The third-order valence-electron chi connectivity index (χ3n) is 1.87. The van der Waals surface area contributed by atoms with Gasteiger partial charge in [-0.2, -0.15) is 0 Å². The number of nitrogens with two attached hydrogens (primary N) is 1. The molecule has 5 heteroatoms. The lowest BCUT2D eigenvalue weighted by Crippen LogP contribution is -2.11. The fourth-order valence-electron chi connectivity index (χ4n) is 1.16. The van der Waals surface area contributed by atoms with Crippen LogP contribution in [0.25, 0.3) is 11.1 Å². The van der Waals surface area contributed by atoms with Gasteiger partial charge in [-0.3, -0.25) is 0 Å². The Morgan fingerprint density at radius 1 is 1.57 bits per heavy atom. The number of hydrogen-bond acceptors (Lipinski definition) is 4. The van der Waals surface area contributed by atoms with Crippen LogP contribution in [-0.4, -0.2) is 16.6 Å². The van der Waals surface area contributed by atoms with Gasteiger partial charge in [0.2, 0.25) is 5.89 Å². The van der Waals surface area contributed by atoms with Crippen LogP contribution in [0.2, 0.25) is 0 Å². The van der Waals surface area contributed by atoms with Gasteiger partial charge in [0, 0.05) is 11.0 Å². The molecular weight excluding hydrogens is 248 g/mol. The predicted molar refractivity (Wildman–Crippen MR) is 55.7 cm³/mol. The molecule has 0 radical (unpaired) electrons. The summed E-state index contributed by atoms with van der Waals surface area (Å²) in [4.78, 5) is 4.12. The van der Waals surface area contributed by atoms with Gasteiger partial charge in [-0.1, -0.05) is 15.9 Å². The molecule has 0 bridgehead atoms. The van der Waals surface area contributed by atoms with Crippen molar-refractivity contribution >= 4 is 27.0 Å². The highest BCUT2D eigenvalue weighted by molar-refractivity contribution is 9.10. The summed E-state index contributed by atoms with van der Waals surface area (Å²) in [7, 11) is 0. The highest BCUT2D eigenvalue weighted by Crippen LogP contribution is 2.22. The minimum atomic E-state index is -0.832. The number of oxazole rings is 1. The first-order valence-corrected chi connectivity index (χ1v) is 4.94. The molecule has 74 valence electrons. The van der Waals surface area contributed by atoms with Crippen molar-refractivity contribution in [3.8, 4) is 0 Å². The molecule has 0 aliphatic carbocycles. The van der Waals surface area contributed by atoms with Crippen LogP contribution in [0.4, 0.5) is 0 Å². The molecule has 1 aromatic carbocycles. The second kappa shape index (κ2) is 3.68. The number of aliphatic hydroxyl groups is 1. The fourth-order valence-corrected chi connectivity index (χ4v) is 1.51. The maximum absolute atomic E-state index is 9.41. The molecule has 0 fully saturated rings. The predicted octanol–water partition coefficient (Wildman–Crippen LogP) is 1.58. The zero-order valence-corrected chi connectivity index (χ0v) is 8.86. The van der Waals surface area contributed by atoms with Crippen molar-refractivity contribution in [1.82, 2.24) is 4.98 Å². The summed E-state index contributed by atoms with van der Waals surface area (Å²) in [5.41, 5.74) is 6.66. The van der Waals surface area contributed by atoms with E-state index in [0.29, 0.717) is 11.1 Å². The van der Waals surface area contributed by atoms with Gasteiger partial charge in [0.25, 0.3) is 0 Å². The quantitative estimate of drug-likeness (QED) is 0.856. The summed E-state index contributed by atoms with van der Waals surface area (Å²) in [5, 5.41) is 9.41. The summed E-state index contributed by atoms with van der Waals surface area (Å²) in [6.45, 7) is 0.105. The van der Waals surface area contributed by atoms with Crippen molar-refractivity contribution < 1.29 is 9.52 Å². The highest BCUT2D eigenvalue weighted by Gasteiger charge is 2.13. The lowest BCUT2D eigenvalue weighted by Gasteiger charge is -1.99. The molecule has 1 unspecified atom stereocenters. The van der Waals surface area contributed by atoms with E-state index in [1.54, 1.807) is 6.07 Å². The third kappa shape index (κ3) is 1.66. The molecule has 0 aliphatic heterocycles. The molecule has 2 aromatic rings. The maximum atomic E-state index is 9.41. The van der Waals surface area contributed by atoms with Gasteiger partial charge in [0.15, 0.2) is 5.58 Å². The van der Waals surface area contributed by atoms with Gasteiger partial charge in [0.1, 0.15) is 11.6 Å². The molecule has 0 amide bonds. The van der Waals surface area contributed by atoms with Crippen molar-refractivity contribution in [2.75, 3.05) is 6.54 Å². The molecule has 0 aliphatic rings. The summed E-state index contributed by atoms with van der Waals surface area (Å²) >= 11 is 3.33. The summed E-state index contributed by atoms with van der Waals surface area (Å²) in [6.07, 6.45) is -0.832. The fraction of sp³-hybridized carbons (Fsp3) is 0.222. The van der Waals surface area contributed by atoms with Crippen molar-refractivity contribution in [1.29, 1.82) is 0 Å². The van der Waals surface area contributed by atoms with Crippen LogP contribution in [0.1, 0.15) is 12.0 Å². The van der Waals surface area contributed by atoms with Crippen LogP contribution in [0.5, 0.6) is 0 Å². The number of benzene rings is 1. The summed E-state index contributed by atoms with van der Waals surface area (Å²) < 4.78 is 6.24. The van der Waals surface area contributed by atoms with Crippen LogP contribution in [-0.2, 0) is 0 Å². The molecule has 1 heterocycles. The van der Waals surface area contributed by atoms with Crippen LogP contribution in [0, 0.1) is 0 Å². The smallest absolute Gasteiger partial charge is 0.225 e. The number of aliphatic hydroxyl groups excluding tert-OH is 1. The summed E-state index contributed by atoms with van der Waals surface area (Å²) in [5.74, 6) is 0.264. The van der Waals surface area contributed by atoms with Crippen molar-refractivity contribution in [2.24, 2.45) is 5.73 Å². The van der Waals surface area contributed by atoms with Crippen molar-refractivity contribution in [3.63, 3.8) is 0 Å². The Labute approximate surface area is 88.9 Å². The molecule has 4 nitrogen and oxygen atoms in total. The zero-order chi connectivity index (χ0) is 10.1. The van der Waals surface area contributed by atoms with Gasteiger partial charge in [-0.15, -0.1) is 0 Å². The first-order chi connectivity index (χ1) is 6.70. The molecular formula is C9H9BrN2O2. The largest absolute Gasteiger partial charge is 0.438 e. The Bertz CT molecular complexity index is 455. The van der Waals surface area contributed by atoms with Crippen molar-refractivity contribution in [3.05, 3.63) is 28.6 Å². The number of fused-ring (bicyclic) bond motifs is 1. The average Bonchev–Trinajstić information content (AvgIpc) is 2.59. The monoisotopic (exact) mass is 256 g/mol. The van der Waals surface area contributed by atoms with Gasteiger partial charge in [0.05, 0.1) is 0 Å². The number of nitrogens with zero attached hydrogens (tertiary/aromatic N) is 1. The molecule has 0 saturated heterocycles. The average molecular weight is 257 g/mol. The van der Waals surface area contributed by atoms with Crippen LogP contribution >= 0.6 is 15.9 Å². The normalized spacial score (nSPS) is 13.4. The molecule has 0 saturated carbocycles. The van der Waals surface area contributed by atoms with E-state index in [1.165, 1.54) is 0 Å².